The van der Waals surface area contributed by atoms with Gasteiger partial charge in [-0.2, -0.15) is 0 Å². The predicted molar refractivity (Wildman–Crippen MR) is 73.6 cm³/mol. The van der Waals surface area contributed by atoms with Crippen LogP contribution in [0.4, 0.5) is 0 Å². The van der Waals surface area contributed by atoms with Gasteiger partial charge in [0.25, 0.3) is 0 Å². The number of imidazole rings is 1. The second-order valence-electron chi connectivity index (χ2n) is 4.32. The van der Waals surface area contributed by atoms with Gasteiger partial charge in [-0.3, -0.25) is 4.57 Å². The first kappa shape index (κ1) is 13.0. The molecule has 2 rings (SSSR count). The molecule has 0 saturated heterocycles. The third-order valence-corrected chi connectivity index (χ3v) is 3.27. The smallest absolute Gasteiger partial charge is 0.219 e. The summed E-state index contributed by atoms with van der Waals surface area (Å²) in [7, 11) is 0. The molecule has 0 amide bonds. The van der Waals surface area contributed by atoms with Gasteiger partial charge in [-0.25, -0.2) is 4.98 Å². The highest BCUT2D eigenvalue weighted by Crippen LogP contribution is 2.29. The Labute approximate surface area is 112 Å². The quantitative estimate of drug-likeness (QED) is 0.910. The molecule has 3 nitrogen and oxygen atoms in total. The molecule has 2 aromatic rings. The topological polar surface area (TPSA) is 38.0 Å². The van der Waals surface area contributed by atoms with Gasteiger partial charge in [0.05, 0.1) is 10.7 Å². The summed E-state index contributed by atoms with van der Waals surface area (Å²) in [5, 5.41) is 10.9. The molecule has 1 aromatic carbocycles. The van der Waals surface area contributed by atoms with Crippen LogP contribution in [0.2, 0.25) is 5.02 Å². The maximum Gasteiger partial charge on any atom is 0.219 e. The second kappa shape index (κ2) is 5.44. The number of aromatic hydroxyl groups is 1. The Morgan fingerprint density at radius 3 is 2.72 bits per heavy atom. The molecule has 1 aromatic heterocycles. The van der Waals surface area contributed by atoms with Crippen LogP contribution >= 0.6 is 11.6 Å². The Morgan fingerprint density at radius 2 is 2.06 bits per heavy atom. The molecule has 0 unspecified atom stereocenters. The van der Waals surface area contributed by atoms with Crippen molar-refractivity contribution in [3.63, 3.8) is 0 Å². The van der Waals surface area contributed by atoms with Crippen molar-refractivity contribution in [2.24, 2.45) is 0 Å². The van der Waals surface area contributed by atoms with Crippen LogP contribution in [0.1, 0.15) is 31.3 Å². The van der Waals surface area contributed by atoms with Crippen molar-refractivity contribution in [2.75, 3.05) is 0 Å². The second-order valence-corrected chi connectivity index (χ2v) is 4.73. The third-order valence-electron chi connectivity index (χ3n) is 2.95. The molecule has 0 aliphatic rings. The lowest BCUT2D eigenvalue weighted by molar-refractivity contribution is 0.433. The Balaban J connectivity index is 2.46. The Morgan fingerprint density at radius 1 is 1.33 bits per heavy atom. The normalized spacial score (nSPS) is 10.8. The fourth-order valence-electron chi connectivity index (χ4n) is 2.01. The zero-order valence-corrected chi connectivity index (χ0v) is 11.4. The van der Waals surface area contributed by atoms with E-state index in [1.54, 1.807) is 4.57 Å². The molecule has 0 aliphatic heterocycles. The maximum atomic E-state index is 10.3. The Kier molecular flexibility index (Phi) is 3.92. The SMILES string of the molecule is CCCCc1nc(C)n(-c2ccccc2Cl)c1O. The number of aromatic nitrogens is 2. The molecule has 0 atom stereocenters. The number of aryl methyl sites for hydroxylation is 2. The summed E-state index contributed by atoms with van der Waals surface area (Å²) in [6, 6.07) is 7.45. The molecule has 0 saturated carbocycles. The largest absolute Gasteiger partial charge is 0.493 e. The van der Waals surface area contributed by atoms with Crippen LogP contribution in [-0.4, -0.2) is 14.7 Å². The van der Waals surface area contributed by atoms with E-state index in [-0.39, 0.29) is 5.88 Å². The van der Waals surface area contributed by atoms with Crippen molar-refractivity contribution in [3.8, 4) is 11.6 Å². The summed E-state index contributed by atoms with van der Waals surface area (Å²) < 4.78 is 1.70. The summed E-state index contributed by atoms with van der Waals surface area (Å²) in [6.07, 6.45) is 2.89. The summed E-state index contributed by atoms with van der Waals surface area (Å²) >= 11 is 6.16. The number of halogens is 1. The van der Waals surface area contributed by atoms with Crippen molar-refractivity contribution in [3.05, 3.63) is 40.8 Å². The minimum absolute atomic E-state index is 0.203. The monoisotopic (exact) mass is 264 g/mol. The lowest BCUT2D eigenvalue weighted by atomic mass is 10.2. The van der Waals surface area contributed by atoms with Gasteiger partial charge in [0, 0.05) is 0 Å². The molecule has 0 radical (unpaired) electrons. The highest BCUT2D eigenvalue weighted by molar-refractivity contribution is 6.32. The van der Waals surface area contributed by atoms with E-state index in [1.165, 1.54) is 0 Å². The van der Waals surface area contributed by atoms with E-state index in [1.807, 2.05) is 31.2 Å². The highest BCUT2D eigenvalue weighted by atomic mass is 35.5. The van der Waals surface area contributed by atoms with Crippen LogP contribution in [0, 0.1) is 6.92 Å². The molecule has 0 bridgehead atoms. The molecule has 96 valence electrons. The highest BCUT2D eigenvalue weighted by Gasteiger charge is 2.16. The first-order valence-corrected chi connectivity index (χ1v) is 6.55. The standard InChI is InChI=1S/C14H17ClN2O/c1-3-4-8-12-14(18)17(10(2)16-12)13-9-6-5-7-11(13)15/h5-7,9,18H,3-4,8H2,1-2H3. The maximum absolute atomic E-state index is 10.3. The van der Waals surface area contributed by atoms with Crippen LogP contribution in [0.25, 0.3) is 5.69 Å². The van der Waals surface area contributed by atoms with Crippen LogP contribution in [0.5, 0.6) is 5.88 Å². The molecule has 4 heteroatoms. The van der Waals surface area contributed by atoms with Crippen molar-refractivity contribution in [1.29, 1.82) is 0 Å². The van der Waals surface area contributed by atoms with Crippen molar-refractivity contribution in [2.45, 2.75) is 33.1 Å². The summed E-state index contributed by atoms with van der Waals surface area (Å²) in [5.41, 5.74) is 1.51. The van der Waals surface area contributed by atoms with Crippen molar-refractivity contribution in [1.82, 2.24) is 9.55 Å². The molecule has 1 N–H and O–H groups in total. The van der Waals surface area contributed by atoms with Crippen LogP contribution in [-0.2, 0) is 6.42 Å². The molecule has 18 heavy (non-hydrogen) atoms. The van der Waals surface area contributed by atoms with Gasteiger partial charge in [0.2, 0.25) is 5.88 Å². The molecule has 1 heterocycles. The number of benzene rings is 1. The van der Waals surface area contributed by atoms with Gasteiger partial charge in [-0.15, -0.1) is 0 Å². The minimum atomic E-state index is 0.203. The van der Waals surface area contributed by atoms with Gasteiger partial charge in [-0.05, 0) is 31.9 Å². The number of nitrogens with zero attached hydrogens (tertiary/aromatic N) is 2. The van der Waals surface area contributed by atoms with E-state index in [0.29, 0.717) is 5.02 Å². The number of hydrogen-bond acceptors (Lipinski definition) is 2. The van der Waals surface area contributed by atoms with Crippen LogP contribution in [0.15, 0.2) is 24.3 Å². The molecular weight excluding hydrogens is 248 g/mol. The first-order valence-electron chi connectivity index (χ1n) is 6.17. The van der Waals surface area contributed by atoms with Crippen LogP contribution in [0.3, 0.4) is 0 Å². The Hall–Kier alpha value is -1.48. The summed E-state index contributed by atoms with van der Waals surface area (Å²) in [4.78, 5) is 4.42. The van der Waals surface area contributed by atoms with Gasteiger partial charge in [0.1, 0.15) is 11.5 Å². The van der Waals surface area contributed by atoms with Gasteiger partial charge < -0.3 is 5.11 Å². The van der Waals surface area contributed by atoms with Gasteiger partial charge in [0.15, 0.2) is 0 Å². The summed E-state index contributed by atoms with van der Waals surface area (Å²) in [6.45, 7) is 3.99. The van der Waals surface area contributed by atoms with Crippen LogP contribution < -0.4 is 0 Å². The summed E-state index contributed by atoms with van der Waals surface area (Å²) in [5.74, 6) is 0.959. The van der Waals surface area contributed by atoms with Gasteiger partial charge >= 0.3 is 0 Å². The van der Waals surface area contributed by atoms with E-state index in [4.69, 9.17) is 11.6 Å². The molecule has 0 aliphatic carbocycles. The number of unbranched alkanes of at least 4 members (excludes halogenated alkanes) is 1. The Bertz CT molecular complexity index is 549. The predicted octanol–water partition coefficient (Wildman–Crippen LogP) is 3.88. The van der Waals surface area contributed by atoms with Gasteiger partial charge in [-0.1, -0.05) is 37.1 Å². The molecule has 0 spiro atoms. The van der Waals surface area contributed by atoms with E-state index in [2.05, 4.69) is 11.9 Å². The number of rotatable bonds is 4. The van der Waals surface area contributed by atoms with Crippen molar-refractivity contribution < 1.29 is 5.11 Å². The zero-order chi connectivity index (χ0) is 13.1. The van der Waals surface area contributed by atoms with E-state index >= 15 is 0 Å². The molecule has 0 fully saturated rings. The number of para-hydroxylation sites is 1. The van der Waals surface area contributed by atoms with E-state index < -0.39 is 0 Å². The fourth-order valence-corrected chi connectivity index (χ4v) is 2.23. The van der Waals surface area contributed by atoms with E-state index in [0.717, 1.165) is 36.5 Å². The molecular formula is C14H17ClN2O. The lowest BCUT2D eigenvalue weighted by Crippen LogP contribution is -1.97. The fraction of sp³-hybridized carbons (Fsp3) is 0.357. The third kappa shape index (κ3) is 2.36. The first-order chi connectivity index (χ1) is 8.65. The average molecular weight is 265 g/mol. The zero-order valence-electron chi connectivity index (χ0n) is 10.7. The van der Waals surface area contributed by atoms with E-state index in [9.17, 15) is 5.11 Å². The average Bonchev–Trinajstić information content (AvgIpc) is 2.63. The minimum Gasteiger partial charge on any atom is -0.493 e. The lowest BCUT2D eigenvalue weighted by Gasteiger charge is -2.08. The van der Waals surface area contributed by atoms with Crippen molar-refractivity contribution >= 4 is 11.6 Å². The number of hydrogen-bond donors (Lipinski definition) is 1.